The van der Waals surface area contributed by atoms with Gasteiger partial charge in [0.05, 0.1) is 10.0 Å². The van der Waals surface area contributed by atoms with Crippen LogP contribution in [0.25, 0.3) is 0 Å². The highest BCUT2D eigenvalue weighted by atomic mass is 35.5. The minimum absolute atomic E-state index is 0.0481. The highest BCUT2D eigenvalue weighted by Crippen LogP contribution is 2.24. The second-order valence-electron chi connectivity index (χ2n) is 7.23. The van der Waals surface area contributed by atoms with Crippen molar-refractivity contribution in [1.29, 1.82) is 0 Å². The fourth-order valence-electron chi connectivity index (χ4n) is 3.43. The van der Waals surface area contributed by atoms with E-state index in [0.717, 1.165) is 48.6 Å². The summed E-state index contributed by atoms with van der Waals surface area (Å²) >= 11 is 13.7. The van der Waals surface area contributed by atoms with Gasteiger partial charge in [-0.3, -0.25) is 9.69 Å². The smallest absolute Gasteiger partial charge is 0.223 e. The monoisotopic (exact) mass is 454 g/mol. The highest BCUT2D eigenvalue weighted by Gasteiger charge is 2.25. The van der Waals surface area contributed by atoms with E-state index in [4.69, 9.17) is 23.2 Å². The molecule has 0 aliphatic carbocycles. The van der Waals surface area contributed by atoms with Crippen LogP contribution in [0.3, 0.4) is 0 Å². The molecule has 29 heavy (non-hydrogen) atoms. The number of nitrogens with zero attached hydrogens (tertiary/aromatic N) is 1. The summed E-state index contributed by atoms with van der Waals surface area (Å²) in [5, 5.41) is 4.18. The molecule has 1 amide bonds. The van der Waals surface area contributed by atoms with Crippen molar-refractivity contribution < 1.29 is 9.18 Å². The van der Waals surface area contributed by atoms with E-state index in [-0.39, 0.29) is 17.6 Å². The molecule has 0 spiro atoms. The zero-order chi connectivity index (χ0) is 20.6. The number of benzene rings is 2. The van der Waals surface area contributed by atoms with Gasteiger partial charge in [-0.1, -0.05) is 47.5 Å². The number of carbonyl (C=O) groups is 1. The Hall–Kier alpha value is -1.27. The van der Waals surface area contributed by atoms with Crippen molar-refractivity contribution in [3.8, 4) is 0 Å². The summed E-state index contributed by atoms with van der Waals surface area (Å²) in [5.74, 6) is 1.70. The summed E-state index contributed by atoms with van der Waals surface area (Å²) in [6.07, 6.45) is 1.63. The lowest BCUT2D eigenvalue weighted by Gasteiger charge is -2.31. The summed E-state index contributed by atoms with van der Waals surface area (Å²) in [6, 6.07) is 12.5. The fraction of sp³-hybridized carbons (Fsp3) is 0.409. The number of halogens is 3. The van der Waals surface area contributed by atoms with Crippen LogP contribution in [0, 0.1) is 11.7 Å². The summed E-state index contributed by atoms with van der Waals surface area (Å²) in [5.41, 5.74) is 1.84. The van der Waals surface area contributed by atoms with E-state index in [1.165, 1.54) is 6.07 Å². The Morgan fingerprint density at radius 2 is 1.90 bits per heavy atom. The van der Waals surface area contributed by atoms with Crippen molar-refractivity contribution in [2.45, 2.75) is 25.1 Å². The van der Waals surface area contributed by atoms with Gasteiger partial charge in [-0.2, -0.15) is 11.8 Å². The van der Waals surface area contributed by atoms with Crippen LogP contribution in [0.15, 0.2) is 42.5 Å². The SMILES string of the molecule is O=C(NCCSCc1ccc(Cl)c(Cl)c1)C1CCN(Cc2ccccc2F)CC1. The number of amides is 1. The quantitative estimate of drug-likeness (QED) is 0.542. The van der Waals surface area contributed by atoms with Gasteiger partial charge in [0.15, 0.2) is 0 Å². The summed E-state index contributed by atoms with van der Waals surface area (Å²) in [4.78, 5) is 14.6. The van der Waals surface area contributed by atoms with Crippen molar-refractivity contribution in [3.63, 3.8) is 0 Å². The maximum absolute atomic E-state index is 13.8. The first kappa shape index (κ1) is 22.4. The highest BCUT2D eigenvalue weighted by molar-refractivity contribution is 7.98. The molecule has 1 aliphatic rings. The lowest BCUT2D eigenvalue weighted by molar-refractivity contribution is -0.126. The van der Waals surface area contributed by atoms with Gasteiger partial charge >= 0.3 is 0 Å². The van der Waals surface area contributed by atoms with E-state index in [1.807, 2.05) is 24.3 Å². The van der Waals surface area contributed by atoms with Crippen molar-refractivity contribution in [1.82, 2.24) is 10.2 Å². The van der Waals surface area contributed by atoms with E-state index in [2.05, 4.69) is 10.2 Å². The minimum atomic E-state index is -0.161. The Kier molecular flexibility index (Phi) is 8.67. The zero-order valence-electron chi connectivity index (χ0n) is 16.2. The normalized spacial score (nSPS) is 15.4. The number of carbonyl (C=O) groups excluding carboxylic acids is 1. The molecule has 0 radical (unpaired) electrons. The number of hydrogen-bond donors (Lipinski definition) is 1. The van der Waals surface area contributed by atoms with Crippen molar-refractivity contribution in [2.24, 2.45) is 5.92 Å². The van der Waals surface area contributed by atoms with Crippen LogP contribution in [0.1, 0.15) is 24.0 Å². The molecule has 0 saturated carbocycles. The number of rotatable bonds is 8. The predicted octanol–water partition coefficient (Wildman–Crippen LogP) is 5.39. The Morgan fingerprint density at radius 1 is 1.14 bits per heavy atom. The van der Waals surface area contributed by atoms with Crippen molar-refractivity contribution in [2.75, 3.05) is 25.4 Å². The zero-order valence-corrected chi connectivity index (χ0v) is 18.5. The largest absolute Gasteiger partial charge is 0.355 e. The molecule has 0 bridgehead atoms. The molecule has 3 nitrogen and oxygen atoms in total. The molecule has 1 aliphatic heterocycles. The second kappa shape index (κ2) is 11.2. The Balaban J connectivity index is 1.31. The van der Waals surface area contributed by atoms with Crippen LogP contribution >= 0.6 is 35.0 Å². The average molecular weight is 455 g/mol. The van der Waals surface area contributed by atoms with Gasteiger partial charge in [0.1, 0.15) is 5.82 Å². The number of likely N-dealkylation sites (tertiary alicyclic amines) is 1. The third-order valence-electron chi connectivity index (χ3n) is 5.11. The lowest BCUT2D eigenvalue weighted by atomic mass is 9.95. The average Bonchev–Trinajstić information content (AvgIpc) is 2.72. The van der Waals surface area contributed by atoms with E-state index in [9.17, 15) is 9.18 Å². The lowest BCUT2D eigenvalue weighted by Crippen LogP contribution is -2.40. The Bertz CT molecular complexity index is 828. The van der Waals surface area contributed by atoms with Crippen LogP contribution in [0.2, 0.25) is 10.0 Å². The molecule has 0 unspecified atom stereocenters. The molecule has 1 saturated heterocycles. The third-order valence-corrected chi connectivity index (χ3v) is 6.88. The first-order chi connectivity index (χ1) is 14.0. The molecule has 1 fully saturated rings. The molecular weight excluding hydrogens is 430 g/mol. The molecule has 0 aromatic heterocycles. The van der Waals surface area contributed by atoms with E-state index in [1.54, 1.807) is 23.9 Å². The van der Waals surface area contributed by atoms with Crippen LogP contribution < -0.4 is 5.32 Å². The van der Waals surface area contributed by atoms with Gasteiger partial charge in [-0.15, -0.1) is 0 Å². The first-order valence-corrected chi connectivity index (χ1v) is 11.7. The van der Waals surface area contributed by atoms with Crippen LogP contribution in [-0.4, -0.2) is 36.2 Å². The van der Waals surface area contributed by atoms with Crippen LogP contribution in [-0.2, 0) is 17.1 Å². The van der Waals surface area contributed by atoms with Gasteiger partial charge in [0.25, 0.3) is 0 Å². The van der Waals surface area contributed by atoms with E-state index < -0.39 is 0 Å². The topological polar surface area (TPSA) is 32.3 Å². The first-order valence-electron chi connectivity index (χ1n) is 9.78. The second-order valence-corrected chi connectivity index (χ2v) is 9.15. The molecule has 156 valence electrons. The van der Waals surface area contributed by atoms with Gasteiger partial charge in [-0.05, 0) is 49.7 Å². The standard InChI is InChI=1S/C22H25Cl2FN2OS/c23-19-6-5-16(13-20(19)24)15-29-12-9-26-22(28)17-7-10-27(11-8-17)14-18-3-1-2-4-21(18)25/h1-6,13,17H,7-12,14-15H2,(H,26,28). The maximum Gasteiger partial charge on any atom is 0.223 e. The summed E-state index contributed by atoms with van der Waals surface area (Å²) in [6.45, 7) is 2.89. The Labute approximate surface area is 185 Å². The third kappa shape index (κ3) is 6.88. The number of piperidine rings is 1. The molecule has 1 N–H and O–H groups in total. The predicted molar refractivity (Wildman–Crippen MR) is 120 cm³/mol. The van der Waals surface area contributed by atoms with Crippen LogP contribution in [0.5, 0.6) is 0 Å². The van der Waals surface area contributed by atoms with Gasteiger partial charge in [0.2, 0.25) is 5.91 Å². The molecular formula is C22H25Cl2FN2OS. The molecule has 2 aromatic carbocycles. The molecule has 0 atom stereocenters. The summed E-state index contributed by atoms with van der Waals surface area (Å²) in [7, 11) is 0. The number of hydrogen-bond acceptors (Lipinski definition) is 3. The molecule has 2 aromatic rings. The molecule has 3 rings (SSSR count). The summed E-state index contributed by atoms with van der Waals surface area (Å²) < 4.78 is 13.8. The van der Waals surface area contributed by atoms with Gasteiger partial charge < -0.3 is 5.32 Å². The molecule has 7 heteroatoms. The number of thioether (sulfide) groups is 1. The minimum Gasteiger partial charge on any atom is -0.355 e. The molecule has 1 heterocycles. The van der Waals surface area contributed by atoms with Crippen molar-refractivity contribution >= 4 is 40.9 Å². The fourth-order valence-corrected chi connectivity index (χ4v) is 4.56. The Morgan fingerprint density at radius 3 is 2.62 bits per heavy atom. The van der Waals surface area contributed by atoms with Gasteiger partial charge in [-0.25, -0.2) is 4.39 Å². The van der Waals surface area contributed by atoms with E-state index >= 15 is 0 Å². The van der Waals surface area contributed by atoms with Crippen LogP contribution in [0.4, 0.5) is 4.39 Å². The number of nitrogens with one attached hydrogen (secondary N) is 1. The van der Waals surface area contributed by atoms with Gasteiger partial charge in [0, 0.05) is 36.1 Å². The maximum atomic E-state index is 13.8. The van der Waals surface area contributed by atoms with E-state index in [0.29, 0.717) is 23.1 Å². The van der Waals surface area contributed by atoms with Crippen molar-refractivity contribution in [3.05, 3.63) is 69.5 Å².